The van der Waals surface area contributed by atoms with E-state index in [0.29, 0.717) is 12.8 Å². The fraction of sp³-hybridized carbons (Fsp3) is 0.533. The number of hydrogen-bond acceptors (Lipinski definition) is 3. The number of carbonyl (C=O) groups is 1. The number of alkyl halides is 3. The number of rotatable bonds is 3. The lowest BCUT2D eigenvalue weighted by atomic mass is 10.0. The molecule has 4 nitrogen and oxygen atoms in total. The van der Waals surface area contributed by atoms with Crippen molar-refractivity contribution in [2.75, 3.05) is 31.8 Å². The number of amides is 1. The summed E-state index contributed by atoms with van der Waals surface area (Å²) in [6.45, 7) is 0.588. The molecule has 1 aromatic rings. The summed E-state index contributed by atoms with van der Waals surface area (Å²) in [6.07, 6.45) is -3.11. The van der Waals surface area contributed by atoms with E-state index in [4.69, 9.17) is 9.47 Å². The zero-order valence-corrected chi connectivity index (χ0v) is 12.1. The molecule has 1 saturated carbocycles. The summed E-state index contributed by atoms with van der Waals surface area (Å²) in [6, 6.07) is 3.76. The van der Waals surface area contributed by atoms with Crippen LogP contribution in [-0.4, -0.2) is 32.8 Å². The normalized spacial score (nSPS) is 19.4. The Balaban J connectivity index is 1.97. The first-order chi connectivity index (χ1) is 10.4. The molecule has 3 rings (SSSR count). The van der Waals surface area contributed by atoms with Crippen LogP contribution in [0.2, 0.25) is 0 Å². The molecular weight excluding hydrogens is 299 g/mol. The first kappa shape index (κ1) is 15.1. The van der Waals surface area contributed by atoms with Crippen LogP contribution in [0.25, 0.3) is 0 Å². The smallest absolute Gasteiger partial charge is 0.420 e. The Morgan fingerprint density at radius 1 is 1.41 bits per heavy atom. The van der Waals surface area contributed by atoms with Gasteiger partial charge in [-0.1, -0.05) is 6.07 Å². The van der Waals surface area contributed by atoms with Crippen LogP contribution in [0.3, 0.4) is 0 Å². The Bertz CT molecular complexity index is 596. The van der Waals surface area contributed by atoms with Crippen LogP contribution < -0.4 is 9.64 Å². The Kier molecular flexibility index (Phi) is 3.55. The fourth-order valence-electron chi connectivity index (χ4n) is 2.82. The first-order valence-corrected chi connectivity index (χ1v) is 7.03. The SMILES string of the molecule is COCC1(C(=O)N2CCOc3c2cccc3C(F)(F)F)CC1. The maximum absolute atomic E-state index is 13.1. The summed E-state index contributed by atoms with van der Waals surface area (Å²) in [5, 5.41) is 0. The van der Waals surface area contributed by atoms with Crippen molar-refractivity contribution in [1.29, 1.82) is 0 Å². The zero-order valence-electron chi connectivity index (χ0n) is 12.1. The van der Waals surface area contributed by atoms with Gasteiger partial charge < -0.3 is 14.4 Å². The molecule has 0 spiro atoms. The highest BCUT2D eigenvalue weighted by Gasteiger charge is 2.53. The molecule has 1 aromatic carbocycles. The second-order valence-electron chi connectivity index (χ2n) is 5.67. The number of hydrogen-bond donors (Lipinski definition) is 0. The van der Waals surface area contributed by atoms with Crippen LogP contribution in [-0.2, 0) is 15.7 Å². The number of nitrogens with zero attached hydrogens (tertiary/aromatic N) is 1. The van der Waals surface area contributed by atoms with Gasteiger partial charge in [-0.05, 0) is 25.0 Å². The van der Waals surface area contributed by atoms with E-state index in [9.17, 15) is 18.0 Å². The van der Waals surface area contributed by atoms with Gasteiger partial charge in [0, 0.05) is 7.11 Å². The third-order valence-electron chi connectivity index (χ3n) is 4.12. The van der Waals surface area contributed by atoms with Crippen molar-refractivity contribution < 1.29 is 27.4 Å². The summed E-state index contributed by atoms with van der Waals surface area (Å²) in [5.74, 6) is -0.443. The van der Waals surface area contributed by atoms with Crippen molar-refractivity contribution in [2.24, 2.45) is 5.41 Å². The lowest BCUT2D eigenvalue weighted by molar-refractivity contribution is -0.139. The van der Waals surface area contributed by atoms with Gasteiger partial charge in [-0.25, -0.2) is 0 Å². The number of para-hydroxylation sites is 1. The van der Waals surface area contributed by atoms with Gasteiger partial charge in [-0.2, -0.15) is 13.2 Å². The van der Waals surface area contributed by atoms with Gasteiger partial charge in [0.2, 0.25) is 5.91 Å². The molecule has 0 radical (unpaired) electrons. The van der Waals surface area contributed by atoms with Gasteiger partial charge in [0.25, 0.3) is 0 Å². The number of methoxy groups -OCH3 is 1. The molecular formula is C15H16F3NO3. The molecule has 0 N–H and O–H groups in total. The third kappa shape index (κ3) is 2.43. The van der Waals surface area contributed by atoms with Gasteiger partial charge >= 0.3 is 6.18 Å². The lowest BCUT2D eigenvalue weighted by Gasteiger charge is -2.33. The summed E-state index contributed by atoms with van der Waals surface area (Å²) >= 11 is 0. The van der Waals surface area contributed by atoms with Gasteiger partial charge in [0.05, 0.1) is 29.8 Å². The Hall–Kier alpha value is -1.76. The highest BCUT2D eigenvalue weighted by atomic mass is 19.4. The first-order valence-electron chi connectivity index (χ1n) is 7.03. The molecule has 1 heterocycles. The standard InChI is InChI=1S/C15H16F3NO3/c1-21-9-14(5-6-14)13(20)19-7-8-22-12-10(15(16,17)18)3-2-4-11(12)19/h2-4H,5-9H2,1H3. The average Bonchev–Trinajstić information content (AvgIpc) is 3.25. The van der Waals surface area contributed by atoms with E-state index < -0.39 is 17.2 Å². The number of halogens is 3. The van der Waals surface area contributed by atoms with Crippen LogP contribution in [0, 0.1) is 5.41 Å². The molecule has 0 saturated heterocycles. The molecule has 2 aliphatic rings. The maximum atomic E-state index is 13.1. The average molecular weight is 315 g/mol. The second kappa shape index (κ2) is 5.15. The number of carbonyl (C=O) groups excluding carboxylic acids is 1. The van der Waals surface area contributed by atoms with Crippen LogP contribution in [0.1, 0.15) is 18.4 Å². The summed E-state index contributed by atoms with van der Waals surface area (Å²) < 4.78 is 49.5. The molecule has 1 amide bonds. The Labute approximate surface area is 125 Å². The van der Waals surface area contributed by atoms with Gasteiger partial charge in [0.1, 0.15) is 6.61 Å². The number of ether oxygens (including phenoxy) is 2. The molecule has 120 valence electrons. The van der Waals surface area contributed by atoms with Gasteiger partial charge in [-0.3, -0.25) is 4.79 Å². The van der Waals surface area contributed by atoms with E-state index >= 15 is 0 Å². The number of anilines is 1. The molecule has 7 heteroatoms. The van der Waals surface area contributed by atoms with Crippen molar-refractivity contribution in [3.8, 4) is 5.75 Å². The van der Waals surface area contributed by atoms with Gasteiger partial charge in [0.15, 0.2) is 5.75 Å². The molecule has 0 aromatic heterocycles. The number of benzene rings is 1. The number of fused-ring (bicyclic) bond motifs is 1. The summed E-state index contributed by atoms with van der Waals surface area (Å²) in [4.78, 5) is 14.1. The molecule has 1 aliphatic heterocycles. The quantitative estimate of drug-likeness (QED) is 0.861. The maximum Gasteiger partial charge on any atom is 0.420 e. The fourth-order valence-corrected chi connectivity index (χ4v) is 2.82. The molecule has 22 heavy (non-hydrogen) atoms. The second-order valence-corrected chi connectivity index (χ2v) is 5.67. The highest BCUT2D eigenvalue weighted by Crippen LogP contribution is 2.50. The van der Waals surface area contributed by atoms with E-state index in [1.165, 1.54) is 24.1 Å². The van der Waals surface area contributed by atoms with Crippen molar-refractivity contribution in [1.82, 2.24) is 0 Å². The minimum atomic E-state index is -4.51. The summed E-state index contributed by atoms with van der Waals surface area (Å²) in [7, 11) is 1.52. The van der Waals surface area contributed by atoms with Crippen molar-refractivity contribution in [3.05, 3.63) is 23.8 Å². The van der Waals surface area contributed by atoms with E-state index in [-0.39, 0.29) is 37.1 Å². The van der Waals surface area contributed by atoms with E-state index in [1.807, 2.05) is 0 Å². The van der Waals surface area contributed by atoms with E-state index in [0.717, 1.165) is 6.07 Å². The third-order valence-corrected chi connectivity index (χ3v) is 4.12. The Morgan fingerprint density at radius 2 is 2.14 bits per heavy atom. The Morgan fingerprint density at radius 3 is 2.73 bits per heavy atom. The molecule has 1 fully saturated rings. The minimum Gasteiger partial charge on any atom is -0.489 e. The predicted molar refractivity (Wildman–Crippen MR) is 72.8 cm³/mol. The van der Waals surface area contributed by atoms with Crippen molar-refractivity contribution in [3.63, 3.8) is 0 Å². The molecule has 0 unspecified atom stereocenters. The van der Waals surface area contributed by atoms with E-state index in [2.05, 4.69) is 0 Å². The zero-order chi connectivity index (χ0) is 16.0. The van der Waals surface area contributed by atoms with Crippen molar-refractivity contribution in [2.45, 2.75) is 19.0 Å². The van der Waals surface area contributed by atoms with Crippen LogP contribution >= 0.6 is 0 Å². The largest absolute Gasteiger partial charge is 0.489 e. The van der Waals surface area contributed by atoms with Crippen LogP contribution in [0.5, 0.6) is 5.75 Å². The predicted octanol–water partition coefficient (Wildman–Crippen LogP) is 2.86. The minimum absolute atomic E-state index is 0.0505. The molecule has 0 atom stereocenters. The highest BCUT2D eigenvalue weighted by molar-refractivity contribution is 6.01. The topological polar surface area (TPSA) is 38.8 Å². The van der Waals surface area contributed by atoms with Gasteiger partial charge in [-0.15, -0.1) is 0 Å². The van der Waals surface area contributed by atoms with Crippen LogP contribution in [0.4, 0.5) is 18.9 Å². The van der Waals surface area contributed by atoms with Crippen molar-refractivity contribution >= 4 is 11.6 Å². The summed E-state index contributed by atoms with van der Waals surface area (Å²) in [5.41, 5.74) is -1.25. The molecule has 1 aliphatic carbocycles. The van der Waals surface area contributed by atoms with Crippen LogP contribution in [0.15, 0.2) is 18.2 Å². The molecule has 0 bridgehead atoms. The monoisotopic (exact) mass is 315 g/mol. The lowest BCUT2D eigenvalue weighted by Crippen LogP contribution is -2.44. The van der Waals surface area contributed by atoms with E-state index in [1.54, 1.807) is 0 Å².